The number of carbonyl (C=O) groups is 2. The molecule has 188 valence electrons. The van der Waals surface area contributed by atoms with Crippen LogP contribution in [0.1, 0.15) is 41.3 Å². The molecule has 0 unspecified atom stereocenters. The largest absolute Gasteiger partial charge is 0.456 e. The zero-order valence-electron chi connectivity index (χ0n) is 18.6. The number of hydrogen-bond donors (Lipinski definition) is 2. The SMILES string of the molecule is C[C@@H]1CCc2c(sc(NC(=O)COC(=O)CCNS(=O)(=O)c3cccc(C(F)(F)F)c3)c2C#N)C1. The number of fused-ring (bicyclic) bond motifs is 1. The Balaban J connectivity index is 1.48. The number of thiophene rings is 1. The normalized spacial score (nSPS) is 15.7. The number of amides is 1. The van der Waals surface area contributed by atoms with Gasteiger partial charge in [0.05, 0.1) is 22.4 Å². The summed E-state index contributed by atoms with van der Waals surface area (Å²) < 4.78 is 69.7. The van der Waals surface area contributed by atoms with Gasteiger partial charge in [-0.3, -0.25) is 9.59 Å². The van der Waals surface area contributed by atoms with E-state index in [9.17, 15) is 36.4 Å². The molecule has 0 saturated carbocycles. The first kappa shape index (κ1) is 26.7. The fraction of sp³-hybridized carbons (Fsp3) is 0.409. The minimum atomic E-state index is -4.70. The number of nitrogens with one attached hydrogen (secondary N) is 2. The summed E-state index contributed by atoms with van der Waals surface area (Å²) in [6, 6.07) is 5.31. The van der Waals surface area contributed by atoms with Crippen LogP contribution in [0.4, 0.5) is 18.2 Å². The van der Waals surface area contributed by atoms with Crippen molar-refractivity contribution in [3.8, 4) is 6.07 Å². The average molecular weight is 530 g/mol. The fourth-order valence-corrected chi connectivity index (χ4v) is 6.00. The molecule has 1 aromatic carbocycles. The molecule has 2 N–H and O–H groups in total. The molecule has 0 saturated heterocycles. The monoisotopic (exact) mass is 529 g/mol. The minimum absolute atomic E-state index is 0.404. The van der Waals surface area contributed by atoms with E-state index in [-0.39, 0.29) is 0 Å². The van der Waals surface area contributed by atoms with Gasteiger partial charge in [-0.05, 0) is 48.9 Å². The Kier molecular flexibility index (Phi) is 8.19. The minimum Gasteiger partial charge on any atom is -0.456 e. The molecule has 35 heavy (non-hydrogen) atoms. The molecule has 1 aliphatic carbocycles. The molecule has 1 aliphatic rings. The van der Waals surface area contributed by atoms with Gasteiger partial charge in [-0.2, -0.15) is 18.4 Å². The van der Waals surface area contributed by atoms with Gasteiger partial charge in [-0.25, -0.2) is 13.1 Å². The molecule has 0 bridgehead atoms. The Morgan fingerprint density at radius 3 is 2.74 bits per heavy atom. The lowest BCUT2D eigenvalue weighted by molar-refractivity contribution is -0.147. The molecule has 1 atom stereocenters. The van der Waals surface area contributed by atoms with E-state index in [1.165, 1.54) is 11.3 Å². The maximum atomic E-state index is 12.8. The third kappa shape index (κ3) is 6.81. The van der Waals surface area contributed by atoms with E-state index in [2.05, 4.69) is 18.3 Å². The van der Waals surface area contributed by atoms with Crippen LogP contribution < -0.4 is 10.0 Å². The standard InChI is InChI=1S/C22H22F3N3O5S2/c1-13-5-6-16-17(11-26)21(34-18(16)9-13)28-19(29)12-33-20(30)7-8-27-35(31,32)15-4-2-3-14(10-15)22(23,24)25/h2-4,10,13,27H,5-9,12H2,1H3,(H,28,29)/t13-/m1/s1. The molecule has 13 heteroatoms. The number of ether oxygens (including phenoxy) is 1. The van der Waals surface area contributed by atoms with E-state index in [0.29, 0.717) is 22.5 Å². The molecule has 0 spiro atoms. The lowest BCUT2D eigenvalue weighted by Crippen LogP contribution is -2.28. The molecule has 0 aliphatic heterocycles. The fourth-order valence-electron chi connectivity index (χ4n) is 3.55. The Bertz CT molecular complexity index is 1270. The molecule has 2 aromatic rings. The highest BCUT2D eigenvalue weighted by Gasteiger charge is 2.31. The van der Waals surface area contributed by atoms with Gasteiger partial charge in [0.2, 0.25) is 10.0 Å². The van der Waals surface area contributed by atoms with Gasteiger partial charge in [0.1, 0.15) is 11.1 Å². The van der Waals surface area contributed by atoms with Crippen molar-refractivity contribution >= 4 is 38.2 Å². The van der Waals surface area contributed by atoms with Gasteiger partial charge in [0.15, 0.2) is 6.61 Å². The first-order chi connectivity index (χ1) is 16.4. The van der Waals surface area contributed by atoms with Gasteiger partial charge in [-0.1, -0.05) is 13.0 Å². The number of esters is 1. The van der Waals surface area contributed by atoms with Crippen LogP contribution in [0.5, 0.6) is 0 Å². The zero-order chi connectivity index (χ0) is 25.8. The zero-order valence-corrected chi connectivity index (χ0v) is 20.2. The van der Waals surface area contributed by atoms with Crippen LogP contribution in [-0.4, -0.2) is 33.4 Å². The summed E-state index contributed by atoms with van der Waals surface area (Å²) in [6.45, 7) is 1.04. The molecule has 8 nitrogen and oxygen atoms in total. The number of alkyl halides is 3. The predicted octanol–water partition coefficient (Wildman–Crippen LogP) is 3.61. The predicted molar refractivity (Wildman–Crippen MR) is 121 cm³/mol. The number of halogens is 3. The van der Waals surface area contributed by atoms with Crippen molar-refractivity contribution in [3.05, 3.63) is 45.8 Å². The third-order valence-corrected chi connectivity index (χ3v) is 7.96. The molecule has 1 aromatic heterocycles. The van der Waals surface area contributed by atoms with Crippen molar-refractivity contribution in [2.45, 2.75) is 43.7 Å². The van der Waals surface area contributed by atoms with Crippen molar-refractivity contribution in [2.24, 2.45) is 5.92 Å². The Morgan fingerprint density at radius 2 is 2.06 bits per heavy atom. The number of rotatable bonds is 8. The second kappa shape index (κ2) is 10.8. The summed E-state index contributed by atoms with van der Waals surface area (Å²) in [5.41, 5.74) is 0.239. The van der Waals surface area contributed by atoms with E-state index in [4.69, 9.17) is 4.74 Å². The van der Waals surface area contributed by atoms with Gasteiger partial charge >= 0.3 is 12.1 Å². The topological polar surface area (TPSA) is 125 Å². The van der Waals surface area contributed by atoms with Gasteiger partial charge in [0.25, 0.3) is 5.91 Å². The Labute approximate surface area is 204 Å². The molecular weight excluding hydrogens is 507 g/mol. The van der Waals surface area contributed by atoms with E-state index >= 15 is 0 Å². The highest BCUT2D eigenvalue weighted by Crippen LogP contribution is 2.39. The van der Waals surface area contributed by atoms with Crippen molar-refractivity contribution < 1.29 is 35.9 Å². The Morgan fingerprint density at radius 1 is 1.31 bits per heavy atom. The highest BCUT2D eigenvalue weighted by molar-refractivity contribution is 7.89. The number of sulfonamides is 1. The van der Waals surface area contributed by atoms with Gasteiger partial charge < -0.3 is 10.1 Å². The lowest BCUT2D eigenvalue weighted by Gasteiger charge is -2.17. The number of nitrogens with zero attached hydrogens (tertiary/aromatic N) is 1. The van der Waals surface area contributed by atoms with E-state index in [1.54, 1.807) is 0 Å². The summed E-state index contributed by atoms with van der Waals surface area (Å²) in [6.07, 6.45) is -2.60. The smallest absolute Gasteiger partial charge is 0.416 e. The molecule has 0 radical (unpaired) electrons. The van der Waals surface area contributed by atoms with Crippen LogP contribution >= 0.6 is 11.3 Å². The first-order valence-corrected chi connectivity index (χ1v) is 12.9. The van der Waals surface area contributed by atoms with Crippen LogP contribution in [0.25, 0.3) is 0 Å². The third-order valence-electron chi connectivity index (χ3n) is 5.33. The second-order valence-electron chi connectivity index (χ2n) is 8.05. The first-order valence-electron chi connectivity index (χ1n) is 10.6. The van der Waals surface area contributed by atoms with E-state index < -0.39 is 58.1 Å². The van der Waals surface area contributed by atoms with Crippen LogP contribution in [0.3, 0.4) is 0 Å². The maximum Gasteiger partial charge on any atom is 0.416 e. The lowest BCUT2D eigenvalue weighted by atomic mass is 9.89. The average Bonchev–Trinajstić information content (AvgIpc) is 3.12. The number of anilines is 1. The molecule has 1 heterocycles. The molecule has 3 rings (SSSR count). The summed E-state index contributed by atoms with van der Waals surface area (Å²) >= 11 is 1.33. The Hall–Kier alpha value is -2.95. The molecular formula is C22H22F3N3O5S2. The van der Waals surface area contributed by atoms with Crippen molar-refractivity contribution in [1.82, 2.24) is 4.72 Å². The maximum absolute atomic E-state index is 12.8. The second-order valence-corrected chi connectivity index (χ2v) is 10.9. The number of benzene rings is 1. The van der Waals surface area contributed by atoms with Crippen LogP contribution in [0, 0.1) is 17.2 Å². The van der Waals surface area contributed by atoms with E-state index in [1.807, 2.05) is 4.72 Å². The summed E-state index contributed by atoms with van der Waals surface area (Å²) in [4.78, 5) is 24.5. The highest BCUT2D eigenvalue weighted by atomic mass is 32.2. The number of carbonyl (C=O) groups excluding carboxylic acids is 2. The van der Waals surface area contributed by atoms with Gasteiger partial charge in [-0.15, -0.1) is 11.3 Å². The van der Waals surface area contributed by atoms with Crippen LogP contribution in [0.2, 0.25) is 0 Å². The summed E-state index contributed by atoms with van der Waals surface area (Å²) in [7, 11) is -4.29. The van der Waals surface area contributed by atoms with Crippen LogP contribution in [0.15, 0.2) is 29.2 Å². The summed E-state index contributed by atoms with van der Waals surface area (Å²) in [5.74, 6) is -1.04. The summed E-state index contributed by atoms with van der Waals surface area (Å²) in [5, 5.41) is 12.5. The van der Waals surface area contributed by atoms with Crippen LogP contribution in [-0.2, 0) is 43.4 Å². The van der Waals surface area contributed by atoms with Crippen molar-refractivity contribution in [2.75, 3.05) is 18.5 Å². The number of nitriles is 1. The number of hydrogen-bond acceptors (Lipinski definition) is 7. The van der Waals surface area contributed by atoms with Gasteiger partial charge in [0, 0.05) is 11.4 Å². The quantitative estimate of drug-likeness (QED) is 0.504. The van der Waals surface area contributed by atoms with Crippen molar-refractivity contribution in [3.63, 3.8) is 0 Å². The van der Waals surface area contributed by atoms with Crippen molar-refractivity contribution in [1.29, 1.82) is 5.26 Å². The van der Waals surface area contributed by atoms with E-state index in [0.717, 1.165) is 47.9 Å². The molecule has 1 amide bonds. The molecule has 0 fully saturated rings.